The van der Waals surface area contributed by atoms with E-state index in [4.69, 9.17) is 0 Å². The van der Waals surface area contributed by atoms with Crippen molar-refractivity contribution < 1.29 is 22.0 Å². The van der Waals surface area contributed by atoms with Crippen LogP contribution in [0.2, 0.25) is 0 Å². The van der Waals surface area contributed by atoms with Crippen molar-refractivity contribution in [1.29, 1.82) is 0 Å². The second-order valence-electron chi connectivity index (χ2n) is 7.73. The number of anilines is 1. The van der Waals surface area contributed by atoms with Crippen LogP contribution in [0.1, 0.15) is 37.5 Å². The molecule has 0 unspecified atom stereocenters. The average Bonchev–Trinajstić information content (AvgIpc) is 2.60. The van der Waals surface area contributed by atoms with Crippen molar-refractivity contribution in [2.24, 2.45) is 0 Å². The van der Waals surface area contributed by atoms with Gasteiger partial charge in [-0.25, -0.2) is 17.2 Å². The molecule has 0 saturated carbocycles. The third kappa shape index (κ3) is 6.98. The molecule has 0 aliphatic rings. The highest BCUT2D eigenvalue weighted by atomic mass is 32.2. The molecule has 8 heteroatoms. The lowest BCUT2D eigenvalue weighted by Gasteiger charge is -2.18. The molecule has 0 atom stereocenters. The molecule has 0 saturated heterocycles. The van der Waals surface area contributed by atoms with Crippen LogP contribution in [0.4, 0.5) is 14.5 Å². The van der Waals surface area contributed by atoms with Gasteiger partial charge in [-0.05, 0) is 40.3 Å². The highest BCUT2D eigenvalue weighted by Crippen LogP contribution is 2.23. The quantitative estimate of drug-likeness (QED) is 0.692. The summed E-state index contributed by atoms with van der Waals surface area (Å²) in [7, 11) is -3.81. The minimum Gasteiger partial charge on any atom is -0.348 e. The Bertz CT molecular complexity index is 1000. The fourth-order valence-corrected chi connectivity index (χ4v) is 3.09. The largest absolute Gasteiger partial charge is 0.348 e. The zero-order valence-electron chi connectivity index (χ0n) is 16.7. The summed E-state index contributed by atoms with van der Waals surface area (Å²) in [6.07, 6.45) is 3.77. The number of benzene rings is 2. The SMILES string of the molecule is CC(C)(C)c1ccc(C=CC(=O)NCc2cc(F)c(NS(C)(=O)=O)c(F)c2)cc1. The van der Waals surface area contributed by atoms with Gasteiger partial charge in [-0.15, -0.1) is 0 Å². The van der Waals surface area contributed by atoms with Gasteiger partial charge in [-0.1, -0.05) is 45.0 Å². The van der Waals surface area contributed by atoms with Gasteiger partial charge in [0.1, 0.15) is 5.69 Å². The Morgan fingerprint density at radius 1 is 1.07 bits per heavy atom. The molecular formula is C21H24F2N2O3S. The summed E-state index contributed by atoms with van der Waals surface area (Å²) in [4.78, 5) is 12.0. The van der Waals surface area contributed by atoms with Gasteiger partial charge in [-0.3, -0.25) is 9.52 Å². The van der Waals surface area contributed by atoms with Gasteiger partial charge < -0.3 is 5.32 Å². The van der Waals surface area contributed by atoms with E-state index in [1.165, 1.54) is 11.6 Å². The zero-order chi connectivity index (χ0) is 21.8. The van der Waals surface area contributed by atoms with Crippen LogP contribution in [-0.4, -0.2) is 20.6 Å². The van der Waals surface area contributed by atoms with Gasteiger partial charge in [0, 0.05) is 12.6 Å². The lowest BCUT2D eigenvalue weighted by molar-refractivity contribution is -0.116. The number of amides is 1. The molecule has 0 aliphatic carbocycles. The van der Waals surface area contributed by atoms with Crippen LogP contribution in [0.25, 0.3) is 6.08 Å². The number of halogens is 2. The van der Waals surface area contributed by atoms with Crippen molar-refractivity contribution in [2.75, 3.05) is 11.0 Å². The number of sulfonamides is 1. The molecule has 0 bridgehead atoms. The first-order valence-electron chi connectivity index (χ1n) is 8.87. The predicted molar refractivity (Wildman–Crippen MR) is 111 cm³/mol. The second kappa shape index (κ2) is 8.73. The van der Waals surface area contributed by atoms with Crippen molar-refractivity contribution in [1.82, 2.24) is 5.32 Å². The summed E-state index contributed by atoms with van der Waals surface area (Å²) in [5, 5.41) is 2.53. The van der Waals surface area contributed by atoms with Gasteiger partial charge in [0.05, 0.1) is 6.26 Å². The van der Waals surface area contributed by atoms with E-state index in [0.29, 0.717) is 0 Å². The first-order valence-corrected chi connectivity index (χ1v) is 10.8. The number of hydrogen-bond donors (Lipinski definition) is 2. The topological polar surface area (TPSA) is 75.3 Å². The van der Waals surface area contributed by atoms with Crippen molar-refractivity contribution in [3.05, 3.63) is 70.8 Å². The molecular weight excluding hydrogens is 398 g/mol. The van der Waals surface area contributed by atoms with Crippen molar-refractivity contribution in [3.8, 4) is 0 Å². The number of rotatable bonds is 6. The molecule has 29 heavy (non-hydrogen) atoms. The van der Waals surface area contributed by atoms with Gasteiger partial charge in [0.15, 0.2) is 11.6 Å². The number of carbonyl (C=O) groups is 1. The third-order valence-corrected chi connectivity index (χ3v) is 4.63. The molecule has 2 rings (SSSR count). The average molecular weight is 422 g/mol. The third-order valence-electron chi connectivity index (χ3n) is 4.06. The van der Waals surface area contributed by atoms with E-state index in [0.717, 1.165) is 24.0 Å². The molecule has 2 aromatic carbocycles. The maximum Gasteiger partial charge on any atom is 0.244 e. The van der Waals surface area contributed by atoms with Crippen LogP contribution in [0.5, 0.6) is 0 Å². The van der Waals surface area contributed by atoms with E-state index in [9.17, 15) is 22.0 Å². The van der Waals surface area contributed by atoms with E-state index in [-0.39, 0.29) is 17.5 Å². The fraction of sp³-hybridized carbons (Fsp3) is 0.286. The van der Waals surface area contributed by atoms with Crippen molar-refractivity contribution in [2.45, 2.75) is 32.7 Å². The first kappa shape index (κ1) is 22.5. The van der Waals surface area contributed by atoms with Crippen LogP contribution in [0.15, 0.2) is 42.5 Å². The summed E-state index contributed by atoms with van der Waals surface area (Å²) in [6.45, 7) is 6.22. The maximum atomic E-state index is 14.0. The summed E-state index contributed by atoms with van der Waals surface area (Å²) in [6, 6.07) is 9.73. The summed E-state index contributed by atoms with van der Waals surface area (Å²) in [5.74, 6) is -2.55. The van der Waals surface area contributed by atoms with Crippen LogP contribution >= 0.6 is 0 Å². The van der Waals surface area contributed by atoms with Gasteiger partial charge in [0.25, 0.3) is 0 Å². The first-order chi connectivity index (χ1) is 13.3. The molecule has 0 spiro atoms. The highest BCUT2D eigenvalue weighted by Gasteiger charge is 2.15. The summed E-state index contributed by atoms with van der Waals surface area (Å²) < 4.78 is 52.0. The predicted octanol–water partition coefficient (Wildman–Crippen LogP) is 3.96. The van der Waals surface area contributed by atoms with E-state index in [1.807, 2.05) is 24.3 Å². The van der Waals surface area contributed by atoms with Crippen LogP contribution in [-0.2, 0) is 26.8 Å². The minimum absolute atomic E-state index is 0.0382. The van der Waals surface area contributed by atoms with Crippen molar-refractivity contribution in [3.63, 3.8) is 0 Å². The normalized spacial score (nSPS) is 12.2. The smallest absolute Gasteiger partial charge is 0.244 e. The fourth-order valence-electron chi connectivity index (χ4n) is 2.52. The summed E-state index contributed by atoms with van der Waals surface area (Å²) >= 11 is 0. The minimum atomic E-state index is -3.81. The molecule has 0 aromatic heterocycles. The molecule has 2 N–H and O–H groups in total. The molecule has 156 valence electrons. The van der Waals surface area contributed by atoms with E-state index < -0.39 is 33.3 Å². The molecule has 2 aromatic rings. The second-order valence-corrected chi connectivity index (χ2v) is 9.48. The lowest BCUT2D eigenvalue weighted by atomic mass is 9.87. The molecule has 0 fully saturated rings. The molecule has 0 heterocycles. The Kier molecular flexibility index (Phi) is 6.79. The van der Waals surface area contributed by atoms with E-state index in [1.54, 1.807) is 10.8 Å². The molecule has 1 amide bonds. The Balaban J connectivity index is 1.99. The lowest BCUT2D eigenvalue weighted by Crippen LogP contribution is -2.20. The Morgan fingerprint density at radius 2 is 1.62 bits per heavy atom. The van der Waals surface area contributed by atoms with Gasteiger partial charge in [0.2, 0.25) is 15.9 Å². The number of carbonyl (C=O) groups excluding carboxylic acids is 1. The van der Waals surface area contributed by atoms with E-state index in [2.05, 4.69) is 26.1 Å². The van der Waals surface area contributed by atoms with Gasteiger partial charge in [-0.2, -0.15) is 0 Å². The Labute approximate surface area is 169 Å². The number of nitrogens with one attached hydrogen (secondary N) is 2. The van der Waals surface area contributed by atoms with Crippen LogP contribution in [0, 0.1) is 11.6 Å². The molecule has 5 nitrogen and oxygen atoms in total. The van der Waals surface area contributed by atoms with Crippen molar-refractivity contribution >= 4 is 27.7 Å². The standard InChI is InChI=1S/C21H24F2N2O3S/c1-21(2,3)16-8-5-14(6-9-16)7-10-19(26)24-13-15-11-17(22)20(18(23)12-15)25-29(4,27)28/h5-12,25H,13H2,1-4H3,(H,24,26). The Hall–Kier alpha value is -2.74. The highest BCUT2D eigenvalue weighted by molar-refractivity contribution is 7.92. The maximum absolute atomic E-state index is 14.0. The van der Waals surface area contributed by atoms with E-state index >= 15 is 0 Å². The van der Waals surface area contributed by atoms with Crippen LogP contribution < -0.4 is 10.0 Å². The Morgan fingerprint density at radius 3 is 2.10 bits per heavy atom. The monoisotopic (exact) mass is 422 g/mol. The molecule has 0 radical (unpaired) electrons. The van der Waals surface area contributed by atoms with Crippen LogP contribution in [0.3, 0.4) is 0 Å². The van der Waals surface area contributed by atoms with Gasteiger partial charge >= 0.3 is 0 Å². The zero-order valence-corrected chi connectivity index (χ0v) is 17.5. The number of hydrogen-bond acceptors (Lipinski definition) is 3. The molecule has 0 aliphatic heterocycles. The summed E-state index contributed by atoms with van der Waals surface area (Å²) in [5.41, 5.74) is 1.48.